The molecule has 60 heavy (non-hydrogen) atoms. The Morgan fingerprint density at radius 1 is 0.417 bits per heavy atom. The molecule has 13 fully saturated rings. The second-order valence-electron chi connectivity index (χ2n) is 26.3. The molecule has 0 radical (unpaired) electrons. The van der Waals surface area contributed by atoms with Crippen molar-refractivity contribution < 1.29 is 13.2 Å². The summed E-state index contributed by atoms with van der Waals surface area (Å²) in [6, 6.07) is 6.06. The van der Waals surface area contributed by atoms with Gasteiger partial charge in [-0.25, -0.2) is 13.2 Å². The van der Waals surface area contributed by atoms with E-state index < -0.39 is 18.5 Å². The van der Waals surface area contributed by atoms with Gasteiger partial charge >= 0.3 is 0 Å². The van der Waals surface area contributed by atoms with Crippen molar-refractivity contribution in [3.8, 4) is 0 Å². The van der Waals surface area contributed by atoms with E-state index >= 15 is 8.78 Å². The minimum absolute atomic E-state index is 0.0243. The molecule has 16 atom stereocenters. The van der Waals surface area contributed by atoms with Gasteiger partial charge in [-0.2, -0.15) is 0 Å². The summed E-state index contributed by atoms with van der Waals surface area (Å²) >= 11 is 0. The highest BCUT2D eigenvalue weighted by atomic mass is 19.2. The molecule has 10 aliphatic carbocycles. The van der Waals surface area contributed by atoms with Gasteiger partial charge < -0.3 is 0 Å². The molecule has 6 heteroatoms. The Balaban J connectivity index is 0.870. The van der Waals surface area contributed by atoms with Crippen molar-refractivity contribution in [1.29, 1.82) is 0 Å². The van der Waals surface area contributed by atoms with Gasteiger partial charge in [0.15, 0.2) is 6.17 Å². The van der Waals surface area contributed by atoms with Crippen LogP contribution in [0.3, 0.4) is 0 Å². The van der Waals surface area contributed by atoms with Crippen molar-refractivity contribution in [2.75, 3.05) is 0 Å². The van der Waals surface area contributed by atoms with Gasteiger partial charge in [0.1, 0.15) is 12.3 Å². The van der Waals surface area contributed by atoms with Crippen LogP contribution in [-0.4, -0.2) is 87.1 Å². The third-order valence-corrected chi connectivity index (χ3v) is 23.6. The molecule has 0 aromatic carbocycles. The van der Waals surface area contributed by atoms with E-state index in [1.54, 1.807) is 0 Å². The van der Waals surface area contributed by atoms with Crippen LogP contribution in [0.5, 0.6) is 0 Å². The zero-order valence-corrected chi connectivity index (χ0v) is 38.7. The molecule has 2 bridgehead atoms. The molecule has 0 spiro atoms. The first-order valence-corrected chi connectivity index (χ1v) is 27.2. The number of hydrogen-bond acceptors (Lipinski definition) is 3. The molecule has 0 aromatic heterocycles. The van der Waals surface area contributed by atoms with Crippen LogP contribution in [0, 0.1) is 57.7 Å². The lowest BCUT2D eigenvalue weighted by atomic mass is 9.53. The van der Waals surface area contributed by atoms with Crippen molar-refractivity contribution in [1.82, 2.24) is 14.7 Å². The fourth-order valence-corrected chi connectivity index (χ4v) is 21.4. The average molecular weight is 834 g/mol. The van der Waals surface area contributed by atoms with Crippen molar-refractivity contribution in [3.05, 3.63) is 0 Å². The fraction of sp³-hybridized carbons (Fsp3) is 1.00. The Kier molecular flexibility index (Phi) is 10.2. The van der Waals surface area contributed by atoms with E-state index in [1.165, 1.54) is 148 Å². The van der Waals surface area contributed by atoms with E-state index in [0.717, 1.165) is 91.0 Å². The average Bonchev–Trinajstić information content (AvgIpc) is 3.92. The zero-order chi connectivity index (χ0) is 40.9. The lowest BCUT2D eigenvalue weighted by Crippen LogP contribution is -2.67. The van der Waals surface area contributed by atoms with Crippen LogP contribution in [0.2, 0.25) is 0 Å². The third-order valence-electron chi connectivity index (χ3n) is 23.6. The summed E-state index contributed by atoms with van der Waals surface area (Å²) in [6.07, 6.45) is 31.5. The molecule has 16 unspecified atom stereocenters. The smallest absolute Gasteiger partial charge is 0.162 e. The Morgan fingerprint density at radius 3 is 1.20 bits per heavy atom. The summed E-state index contributed by atoms with van der Waals surface area (Å²) in [4.78, 5) is 9.89. The Hall–Kier alpha value is -0.330. The highest BCUT2D eigenvalue weighted by Crippen LogP contribution is 2.72. The molecule has 3 aliphatic heterocycles. The monoisotopic (exact) mass is 834 g/mol. The highest BCUT2D eigenvalue weighted by Gasteiger charge is 2.71. The van der Waals surface area contributed by atoms with Crippen molar-refractivity contribution in [2.24, 2.45) is 57.7 Å². The molecule has 13 rings (SSSR count). The molecular formula is C54H86F3N3. The summed E-state index contributed by atoms with van der Waals surface area (Å²) in [7, 11) is 0. The molecule has 0 N–H and O–H groups in total. The first kappa shape index (κ1) is 41.1. The van der Waals surface area contributed by atoms with Crippen molar-refractivity contribution in [3.63, 3.8) is 0 Å². The molecule has 10 saturated carbocycles. The van der Waals surface area contributed by atoms with E-state index in [1.807, 2.05) is 0 Å². The van der Waals surface area contributed by atoms with Gasteiger partial charge in [-0.05, 0) is 186 Å². The summed E-state index contributed by atoms with van der Waals surface area (Å²) in [6.45, 7) is 10.8. The van der Waals surface area contributed by atoms with E-state index in [2.05, 4.69) is 42.4 Å². The predicted octanol–water partition coefficient (Wildman–Crippen LogP) is 13.0. The summed E-state index contributed by atoms with van der Waals surface area (Å²) in [5.41, 5.74) is 1.22. The van der Waals surface area contributed by atoms with Gasteiger partial charge in [0.25, 0.3) is 0 Å². The summed E-state index contributed by atoms with van der Waals surface area (Å²) in [5, 5.41) is 0. The maximum absolute atomic E-state index is 15.0. The molecule has 3 saturated heterocycles. The van der Waals surface area contributed by atoms with Gasteiger partial charge in [-0.15, -0.1) is 0 Å². The van der Waals surface area contributed by atoms with E-state index in [4.69, 9.17) is 0 Å². The zero-order valence-electron chi connectivity index (χ0n) is 38.7. The number of piperidine rings is 2. The van der Waals surface area contributed by atoms with Gasteiger partial charge in [-0.1, -0.05) is 79.1 Å². The third kappa shape index (κ3) is 5.93. The standard InChI is InChI=1S/C54H86F3N3/c1-51(2)38-13-5-9-17-46(38)58(47-18-10-6-14-39(47)51)34-21-23-44-36(29-34)37-30-35(59-48-19-11-7-15-40(48)52(3,4)41-16-8-12-20-49(41)59)22-24-45(37)60(44)54-26-25-53(31-54,32-54)33-27-42(55)50(57)43(56)28-33/h33-50H,5-32H2,1-4H3. The molecule has 3 heterocycles. The van der Waals surface area contributed by atoms with Gasteiger partial charge in [0.05, 0.1) is 0 Å². The maximum atomic E-state index is 15.0. The first-order valence-electron chi connectivity index (χ1n) is 27.2. The Morgan fingerprint density at radius 2 is 0.800 bits per heavy atom. The number of rotatable bonds is 4. The van der Waals surface area contributed by atoms with Crippen LogP contribution in [-0.2, 0) is 0 Å². The lowest BCUT2D eigenvalue weighted by molar-refractivity contribution is -0.148. The lowest BCUT2D eigenvalue weighted by Gasteiger charge is -2.64. The van der Waals surface area contributed by atoms with E-state index in [9.17, 15) is 4.39 Å². The van der Waals surface area contributed by atoms with Crippen LogP contribution >= 0.6 is 0 Å². The van der Waals surface area contributed by atoms with Crippen LogP contribution < -0.4 is 0 Å². The molecular weight excluding hydrogens is 748 g/mol. The summed E-state index contributed by atoms with van der Waals surface area (Å²) in [5.74, 6) is 5.07. The van der Waals surface area contributed by atoms with Crippen molar-refractivity contribution in [2.45, 2.75) is 280 Å². The number of hydrogen-bond donors (Lipinski definition) is 0. The maximum Gasteiger partial charge on any atom is 0.162 e. The topological polar surface area (TPSA) is 9.72 Å². The number of likely N-dealkylation sites (tertiary alicyclic amines) is 3. The van der Waals surface area contributed by atoms with Crippen LogP contribution in [0.4, 0.5) is 13.2 Å². The Bertz CT molecular complexity index is 1440. The predicted molar refractivity (Wildman–Crippen MR) is 237 cm³/mol. The van der Waals surface area contributed by atoms with Crippen LogP contribution in [0.1, 0.15) is 207 Å². The second kappa shape index (κ2) is 14.8. The number of alkyl halides is 3. The number of fused-ring (bicyclic) bond motifs is 8. The van der Waals surface area contributed by atoms with E-state index in [-0.39, 0.29) is 29.7 Å². The number of halogens is 3. The first-order chi connectivity index (χ1) is 28.9. The second-order valence-corrected chi connectivity index (χ2v) is 26.3. The SMILES string of the molecule is CC1(C)C2CCCCC2N(C2CCC3C(C2)C2CC(N4C5CCCCC5C(C)(C)C5CCCCC54)CCC2N3C23CCC(C4CC(F)C(F)C(F)C4)(C2)C3)C2CCCCC21. The van der Waals surface area contributed by atoms with Crippen molar-refractivity contribution >= 4 is 0 Å². The van der Waals surface area contributed by atoms with Gasteiger partial charge in [0.2, 0.25) is 0 Å². The molecule has 0 amide bonds. The van der Waals surface area contributed by atoms with Gasteiger partial charge in [0, 0.05) is 53.9 Å². The largest absolute Gasteiger partial charge is 0.294 e. The quantitative estimate of drug-likeness (QED) is 0.279. The molecule has 3 nitrogen and oxygen atoms in total. The minimum atomic E-state index is -1.91. The number of nitrogens with zero attached hydrogens (tertiary/aromatic N) is 3. The normalized spacial score (nSPS) is 56.2. The van der Waals surface area contributed by atoms with Crippen LogP contribution in [0.25, 0.3) is 0 Å². The molecule has 13 aliphatic rings. The minimum Gasteiger partial charge on any atom is -0.294 e. The van der Waals surface area contributed by atoms with Gasteiger partial charge in [-0.3, -0.25) is 14.7 Å². The Labute approximate surface area is 364 Å². The molecule has 338 valence electrons. The van der Waals surface area contributed by atoms with E-state index in [0.29, 0.717) is 22.9 Å². The fourth-order valence-electron chi connectivity index (χ4n) is 21.4. The summed E-state index contributed by atoms with van der Waals surface area (Å²) < 4.78 is 44.5. The van der Waals surface area contributed by atoms with Crippen LogP contribution in [0.15, 0.2) is 0 Å². The highest BCUT2D eigenvalue weighted by molar-refractivity contribution is 5.25. The molecule has 0 aromatic rings.